The Balaban J connectivity index is 1.68. The summed E-state index contributed by atoms with van der Waals surface area (Å²) in [6.45, 7) is 0.407. The molecule has 1 N–H and O–H groups in total. The van der Waals surface area contributed by atoms with Gasteiger partial charge >= 0.3 is 0 Å². The SMILES string of the molecule is CSn1ccc(C(=O)NCc2cc(-c3ccccc3)ccn2)c1. The first-order valence-corrected chi connectivity index (χ1v) is 8.45. The zero-order chi connectivity index (χ0) is 16.1. The summed E-state index contributed by atoms with van der Waals surface area (Å²) in [6.07, 6.45) is 7.41. The van der Waals surface area contributed by atoms with Gasteiger partial charge in [-0.15, -0.1) is 0 Å². The Hall–Kier alpha value is -2.53. The molecule has 0 aliphatic rings. The van der Waals surface area contributed by atoms with Crippen LogP contribution in [0.4, 0.5) is 0 Å². The standard InChI is InChI=1S/C18H17N3OS/c1-23-21-10-8-16(13-21)18(22)20-12-17-11-15(7-9-19-17)14-5-3-2-4-6-14/h2-11,13H,12H2,1H3,(H,20,22). The molecule has 0 saturated heterocycles. The fourth-order valence-corrected chi connectivity index (χ4v) is 2.68. The molecule has 0 fully saturated rings. The number of amides is 1. The topological polar surface area (TPSA) is 46.9 Å². The van der Waals surface area contributed by atoms with Crippen molar-refractivity contribution in [2.24, 2.45) is 0 Å². The quantitative estimate of drug-likeness (QED) is 0.780. The van der Waals surface area contributed by atoms with Crippen LogP contribution in [0.15, 0.2) is 67.1 Å². The fraction of sp³-hybridized carbons (Fsp3) is 0.111. The van der Waals surface area contributed by atoms with Gasteiger partial charge in [0.2, 0.25) is 0 Å². The lowest BCUT2D eigenvalue weighted by molar-refractivity contribution is 0.0950. The Morgan fingerprint density at radius 2 is 2.00 bits per heavy atom. The number of hydrogen-bond donors (Lipinski definition) is 1. The molecule has 0 saturated carbocycles. The summed E-state index contributed by atoms with van der Waals surface area (Å²) in [5.41, 5.74) is 3.72. The molecule has 1 amide bonds. The summed E-state index contributed by atoms with van der Waals surface area (Å²) in [5.74, 6) is -0.0929. The van der Waals surface area contributed by atoms with E-state index in [9.17, 15) is 4.79 Å². The molecule has 3 rings (SSSR count). The van der Waals surface area contributed by atoms with Crippen LogP contribution in [0.1, 0.15) is 16.1 Å². The molecule has 23 heavy (non-hydrogen) atoms. The van der Waals surface area contributed by atoms with Crippen molar-refractivity contribution < 1.29 is 4.79 Å². The minimum atomic E-state index is -0.0929. The molecule has 3 aromatic rings. The van der Waals surface area contributed by atoms with Gasteiger partial charge in [-0.1, -0.05) is 30.3 Å². The molecule has 5 heteroatoms. The Bertz CT molecular complexity index is 799. The molecule has 0 spiro atoms. The smallest absolute Gasteiger partial charge is 0.253 e. The van der Waals surface area contributed by atoms with Crippen LogP contribution in [-0.2, 0) is 6.54 Å². The molecule has 0 atom stereocenters. The van der Waals surface area contributed by atoms with E-state index in [4.69, 9.17) is 0 Å². The summed E-state index contributed by atoms with van der Waals surface area (Å²) in [5, 5.41) is 2.91. The van der Waals surface area contributed by atoms with Gasteiger partial charge in [-0.3, -0.25) is 13.8 Å². The molecule has 0 bridgehead atoms. The lowest BCUT2D eigenvalue weighted by Gasteiger charge is -2.06. The average molecular weight is 323 g/mol. The molecule has 0 aliphatic heterocycles. The minimum absolute atomic E-state index is 0.0929. The summed E-state index contributed by atoms with van der Waals surface area (Å²) < 4.78 is 1.89. The van der Waals surface area contributed by atoms with Gasteiger partial charge < -0.3 is 5.32 Å². The van der Waals surface area contributed by atoms with Crippen LogP contribution in [-0.4, -0.2) is 21.1 Å². The molecular formula is C18H17N3OS. The molecule has 2 aromatic heterocycles. The number of benzene rings is 1. The molecule has 0 aliphatic carbocycles. The van der Waals surface area contributed by atoms with E-state index < -0.39 is 0 Å². The van der Waals surface area contributed by atoms with E-state index in [0.717, 1.165) is 16.8 Å². The lowest BCUT2D eigenvalue weighted by Crippen LogP contribution is -2.22. The zero-order valence-electron chi connectivity index (χ0n) is 12.8. The zero-order valence-corrected chi connectivity index (χ0v) is 13.6. The Labute approximate surface area is 139 Å². The molecule has 1 aromatic carbocycles. The van der Waals surface area contributed by atoms with Crippen LogP contribution in [0.3, 0.4) is 0 Å². The van der Waals surface area contributed by atoms with Crippen LogP contribution in [0, 0.1) is 0 Å². The Morgan fingerprint density at radius 3 is 2.74 bits per heavy atom. The van der Waals surface area contributed by atoms with E-state index in [1.165, 1.54) is 0 Å². The highest BCUT2D eigenvalue weighted by molar-refractivity contribution is 7.97. The monoisotopic (exact) mass is 323 g/mol. The third kappa shape index (κ3) is 3.81. The summed E-state index contributed by atoms with van der Waals surface area (Å²) in [6, 6.07) is 15.9. The summed E-state index contributed by atoms with van der Waals surface area (Å²) >= 11 is 1.55. The molecule has 2 heterocycles. The number of rotatable bonds is 5. The molecule has 0 radical (unpaired) electrons. The minimum Gasteiger partial charge on any atom is -0.346 e. The van der Waals surface area contributed by atoms with E-state index in [0.29, 0.717) is 12.1 Å². The highest BCUT2D eigenvalue weighted by Gasteiger charge is 2.08. The van der Waals surface area contributed by atoms with Gasteiger partial charge in [-0.05, 0) is 41.3 Å². The number of carbonyl (C=O) groups is 1. The number of nitrogens with one attached hydrogen (secondary N) is 1. The third-order valence-electron chi connectivity index (χ3n) is 3.49. The second-order valence-electron chi connectivity index (χ2n) is 5.03. The first kappa shape index (κ1) is 15.4. The Morgan fingerprint density at radius 1 is 1.17 bits per heavy atom. The number of aromatic nitrogens is 2. The van der Waals surface area contributed by atoms with Gasteiger partial charge in [0.1, 0.15) is 0 Å². The highest BCUT2D eigenvalue weighted by Crippen LogP contribution is 2.18. The van der Waals surface area contributed by atoms with Crippen molar-refractivity contribution in [3.8, 4) is 11.1 Å². The molecule has 0 unspecified atom stereocenters. The van der Waals surface area contributed by atoms with Crippen LogP contribution >= 0.6 is 11.9 Å². The average Bonchev–Trinajstić information content (AvgIpc) is 3.10. The Kier molecular flexibility index (Phi) is 4.78. The fourth-order valence-electron chi connectivity index (χ4n) is 2.28. The maximum Gasteiger partial charge on any atom is 0.253 e. The van der Waals surface area contributed by atoms with Gasteiger partial charge in [-0.2, -0.15) is 0 Å². The van der Waals surface area contributed by atoms with Crippen molar-refractivity contribution in [2.45, 2.75) is 6.54 Å². The van der Waals surface area contributed by atoms with E-state index in [-0.39, 0.29) is 5.91 Å². The van der Waals surface area contributed by atoms with Crippen LogP contribution in [0.25, 0.3) is 11.1 Å². The number of hydrogen-bond acceptors (Lipinski definition) is 3. The van der Waals surface area contributed by atoms with Crippen LogP contribution in [0.5, 0.6) is 0 Å². The molecule has 4 nitrogen and oxygen atoms in total. The van der Waals surface area contributed by atoms with Gasteiger partial charge in [0.15, 0.2) is 0 Å². The van der Waals surface area contributed by atoms with Gasteiger partial charge in [-0.25, -0.2) is 0 Å². The van der Waals surface area contributed by atoms with Crippen LogP contribution < -0.4 is 5.32 Å². The first-order valence-electron chi connectivity index (χ1n) is 7.27. The lowest BCUT2D eigenvalue weighted by atomic mass is 10.1. The number of carbonyl (C=O) groups excluding carboxylic acids is 1. The van der Waals surface area contributed by atoms with Crippen molar-refractivity contribution in [1.82, 2.24) is 14.3 Å². The van der Waals surface area contributed by atoms with E-state index in [1.807, 2.05) is 53.0 Å². The second kappa shape index (κ2) is 7.15. The number of nitrogens with zero attached hydrogens (tertiary/aromatic N) is 2. The summed E-state index contributed by atoms with van der Waals surface area (Å²) in [7, 11) is 0. The third-order valence-corrected chi connectivity index (χ3v) is 4.14. The van der Waals surface area contributed by atoms with Gasteiger partial charge in [0.25, 0.3) is 5.91 Å². The van der Waals surface area contributed by atoms with Crippen molar-refractivity contribution in [3.05, 3.63) is 78.4 Å². The van der Waals surface area contributed by atoms with Crippen molar-refractivity contribution in [3.63, 3.8) is 0 Å². The van der Waals surface area contributed by atoms with Gasteiger partial charge in [0, 0.05) is 24.8 Å². The largest absolute Gasteiger partial charge is 0.346 e. The normalized spacial score (nSPS) is 10.5. The highest BCUT2D eigenvalue weighted by atomic mass is 32.2. The number of pyridine rings is 1. The second-order valence-corrected chi connectivity index (χ2v) is 5.81. The predicted molar refractivity (Wildman–Crippen MR) is 94.2 cm³/mol. The first-order chi connectivity index (χ1) is 11.3. The van der Waals surface area contributed by atoms with Crippen molar-refractivity contribution in [1.29, 1.82) is 0 Å². The van der Waals surface area contributed by atoms with E-state index >= 15 is 0 Å². The van der Waals surface area contributed by atoms with Gasteiger partial charge in [0.05, 0.1) is 17.8 Å². The van der Waals surface area contributed by atoms with E-state index in [2.05, 4.69) is 22.4 Å². The van der Waals surface area contributed by atoms with E-state index in [1.54, 1.807) is 24.2 Å². The predicted octanol–water partition coefficient (Wildman–Crippen LogP) is 3.61. The maximum absolute atomic E-state index is 12.1. The molecule has 116 valence electrons. The molecular weight excluding hydrogens is 306 g/mol. The van der Waals surface area contributed by atoms with Crippen molar-refractivity contribution in [2.75, 3.05) is 6.26 Å². The van der Waals surface area contributed by atoms with Crippen molar-refractivity contribution >= 4 is 17.9 Å². The van der Waals surface area contributed by atoms with Crippen LogP contribution in [0.2, 0.25) is 0 Å². The summed E-state index contributed by atoms with van der Waals surface area (Å²) in [4.78, 5) is 16.5. The maximum atomic E-state index is 12.1.